The van der Waals surface area contributed by atoms with E-state index in [1.807, 2.05) is 35.2 Å². The van der Waals surface area contributed by atoms with E-state index in [1.54, 1.807) is 12.5 Å². The summed E-state index contributed by atoms with van der Waals surface area (Å²) >= 11 is 0. The Kier molecular flexibility index (Phi) is 3.61. The molecule has 1 saturated carbocycles. The zero-order valence-corrected chi connectivity index (χ0v) is 12.9. The molecule has 1 aromatic carbocycles. The van der Waals surface area contributed by atoms with Gasteiger partial charge in [-0.15, -0.1) is 0 Å². The van der Waals surface area contributed by atoms with Crippen LogP contribution in [0.4, 0.5) is 0 Å². The summed E-state index contributed by atoms with van der Waals surface area (Å²) in [5.74, 6) is 0.866. The van der Waals surface area contributed by atoms with Gasteiger partial charge in [-0.05, 0) is 31.0 Å². The maximum atomic E-state index is 13.2. The Balaban J connectivity index is 1.70. The van der Waals surface area contributed by atoms with Crippen molar-refractivity contribution >= 4 is 16.8 Å². The Morgan fingerprint density at radius 2 is 2.13 bits per heavy atom. The molecule has 0 saturated heterocycles. The number of hydrogen-bond acceptors (Lipinski definition) is 3. The van der Waals surface area contributed by atoms with Crippen LogP contribution < -0.4 is 0 Å². The van der Waals surface area contributed by atoms with E-state index in [1.165, 1.54) is 12.8 Å². The summed E-state index contributed by atoms with van der Waals surface area (Å²) in [5.41, 5.74) is 1.48. The first-order valence-electron chi connectivity index (χ1n) is 8.08. The molecule has 118 valence electrons. The van der Waals surface area contributed by atoms with Crippen molar-refractivity contribution in [2.75, 3.05) is 0 Å². The third-order valence-corrected chi connectivity index (χ3v) is 4.64. The molecule has 5 heteroatoms. The lowest BCUT2D eigenvalue weighted by molar-refractivity contribution is 0.0651. The molecule has 0 bridgehead atoms. The van der Waals surface area contributed by atoms with Crippen molar-refractivity contribution in [3.63, 3.8) is 0 Å². The number of H-pyrrole nitrogens is 1. The number of nitrogens with zero attached hydrogens (tertiary/aromatic N) is 2. The second kappa shape index (κ2) is 5.91. The van der Waals surface area contributed by atoms with Crippen LogP contribution in [-0.4, -0.2) is 27.0 Å². The Bertz CT molecular complexity index is 801. The molecule has 1 aliphatic rings. The van der Waals surface area contributed by atoms with Gasteiger partial charge in [0.05, 0.1) is 30.1 Å². The van der Waals surface area contributed by atoms with Gasteiger partial charge in [-0.25, -0.2) is 0 Å². The number of carbonyl (C=O) groups excluding carboxylic acids is 1. The van der Waals surface area contributed by atoms with Gasteiger partial charge in [0.15, 0.2) is 0 Å². The molecule has 1 N–H and O–H groups in total. The highest BCUT2D eigenvalue weighted by Crippen LogP contribution is 2.28. The summed E-state index contributed by atoms with van der Waals surface area (Å²) in [6.07, 6.45) is 7.89. The van der Waals surface area contributed by atoms with Crippen molar-refractivity contribution < 1.29 is 9.21 Å². The van der Waals surface area contributed by atoms with Gasteiger partial charge >= 0.3 is 0 Å². The van der Waals surface area contributed by atoms with Crippen LogP contribution in [-0.2, 0) is 6.54 Å². The first-order valence-corrected chi connectivity index (χ1v) is 8.08. The number of hydrogen-bond donors (Lipinski definition) is 1. The number of fused-ring (bicyclic) bond motifs is 1. The Hall–Kier alpha value is -2.56. The number of nitrogens with one attached hydrogen (secondary N) is 1. The number of furan rings is 1. The smallest absolute Gasteiger partial charge is 0.256 e. The van der Waals surface area contributed by atoms with Gasteiger partial charge < -0.3 is 9.32 Å². The normalized spacial score (nSPS) is 15.3. The van der Waals surface area contributed by atoms with Crippen LogP contribution in [0, 0.1) is 0 Å². The summed E-state index contributed by atoms with van der Waals surface area (Å²) in [5, 5.41) is 7.97. The molecule has 1 amide bonds. The molecular formula is C18H19N3O2. The van der Waals surface area contributed by atoms with Crippen molar-refractivity contribution in [1.82, 2.24) is 15.1 Å². The number of aromatic nitrogens is 2. The zero-order chi connectivity index (χ0) is 15.6. The Labute approximate surface area is 134 Å². The van der Waals surface area contributed by atoms with E-state index < -0.39 is 0 Å². The first kappa shape index (κ1) is 14.1. The summed E-state index contributed by atoms with van der Waals surface area (Å²) < 4.78 is 5.47. The lowest BCUT2D eigenvalue weighted by atomic mass is 10.1. The molecule has 0 atom stereocenters. The van der Waals surface area contributed by atoms with E-state index in [0.29, 0.717) is 12.1 Å². The summed E-state index contributed by atoms with van der Waals surface area (Å²) in [4.78, 5) is 15.2. The standard InChI is InChI=1S/C18H19N3O2/c22-18(16-9-3-5-13-11-19-20-17(13)16)21(14-6-1-2-7-14)12-15-8-4-10-23-15/h3-5,8-11,14H,1-2,6-7,12H2,(H,19,20). The van der Waals surface area contributed by atoms with Crippen molar-refractivity contribution in [3.05, 3.63) is 54.1 Å². The lowest BCUT2D eigenvalue weighted by Gasteiger charge is -2.28. The van der Waals surface area contributed by atoms with Crippen LogP contribution >= 0.6 is 0 Å². The fourth-order valence-corrected chi connectivity index (χ4v) is 3.45. The maximum absolute atomic E-state index is 13.2. The van der Waals surface area contributed by atoms with Crippen molar-refractivity contribution in [1.29, 1.82) is 0 Å². The third kappa shape index (κ3) is 2.63. The molecule has 2 heterocycles. The number of benzene rings is 1. The molecule has 2 aromatic heterocycles. The van der Waals surface area contributed by atoms with Crippen LogP contribution in [0.3, 0.4) is 0 Å². The van der Waals surface area contributed by atoms with Crippen molar-refractivity contribution in [2.24, 2.45) is 0 Å². The van der Waals surface area contributed by atoms with Gasteiger partial charge in [-0.2, -0.15) is 5.10 Å². The van der Waals surface area contributed by atoms with Crippen LogP contribution in [0.2, 0.25) is 0 Å². The van der Waals surface area contributed by atoms with Crippen LogP contribution in [0.5, 0.6) is 0 Å². The fraction of sp³-hybridized carbons (Fsp3) is 0.333. The highest BCUT2D eigenvalue weighted by atomic mass is 16.3. The quantitative estimate of drug-likeness (QED) is 0.798. The number of rotatable bonds is 4. The molecule has 0 spiro atoms. The maximum Gasteiger partial charge on any atom is 0.256 e. The predicted octanol–water partition coefficient (Wildman–Crippen LogP) is 3.74. The molecule has 1 fully saturated rings. The first-order chi connectivity index (χ1) is 11.3. The molecule has 4 rings (SSSR count). The van der Waals surface area contributed by atoms with Gasteiger partial charge in [0.2, 0.25) is 0 Å². The number of amides is 1. The van der Waals surface area contributed by atoms with E-state index in [9.17, 15) is 4.79 Å². The average molecular weight is 309 g/mol. The average Bonchev–Trinajstić information content (AvgIpc) is 3.33. The highest BCUT2D eigenvalue weighted by molar-refractivity contribution is 6.05. The zero-order valence-electron chi connectivity index (χ0n) is 12.9. The molecule has 1 aliphatic carbocycles. The molecule has 3 aromatic rings. The van der Waals surface area contributed by atoms with Gasteiger partial charge in [0, 0.05) is 11.4 Å². The van der Waals surface area contributed by atoms with E-state index in [4.69, 9.17) is 4.42 Å². The van der Waals surface area contributed by atoms with E-state index in [0.717, 1.165) is 29.5 Å². The van der Waals surface area contributed by atoms with Crippen molar-refractivity contribution in [3.8, 4) is 0 Å². The molecular weight excluding hydrogens is 290 g/mol. The summed E-state index contributed by atoms with van der Waals surface area (Å²) in [6.45, 7) is 0.515. The summed E-state index contributed by atoms with van der Waals surface area (Å²) in [7, 11) is 0. The van der Waals surface area contributed by atoms with E-state index >= 15 is 0 Å². The van der Waals surface area contributed by atoms with Gasteiger partial charge in [0.1, 0.15) is 5.76 Å². The fourth-order valence-electron chi connectivity index (χ4n) is 3.45. The van der Waals surface area contributed by atoms with E-state index in [-0.39, 0.29) is 11.9 Å². The van der Waals surface area contributed by atoms with Crippen LogP contribution in [0.25, 0.3) is 10.9 Å². The third-order valence-electron chi connectivity index (χ3n) is 4.64. The molecule has 23 heavy (non-hydrogen) atoms. The minimum absolute atomic E-state index is 0.0446. The van der Waals surface area contributed by atoms with Gasteiger partial charge in [-0.1, -0.05) is 25.0 Å². The van der Waals surface area contributed by atoms with Gasteiger partial charge in [-0.3, -0.25) is 9.89 Å². The lowest BCUT2D eigenvalue weighted by Crippen LogP contribution is -2.38. The Morgan fingerprint density at radius 1 is 1.26 bits per heavy atom. The molecule has 5 nitrogen and oxygen atoms in total. The predicted molar refractivity (Wildman–Crippen MR) is 86.9 cm³/mol. The SMILES string of the molecule is O=C(c1cccc2cn[nH]c12)N(Cc1ccco1)C1CCCC1. The van der Waals surface area contributed by atoms with E-state index in [2.05, 4.69) is 10.2 Å². The highest BCUT2D eigenvalue weighted by Gasteiger charge is 2.29. The monoisotopic (exact) mass is 309 g/mol. The van der Waals surface area contributed by atoms with Crippen LogP contribution in [0.1, 0.15) is 41.8 Å². The largest absolute Gasteiger partial charge is 0.467 e. The molecule has 0 radical (unpaired) electrons. The molecule has 0 aliphatic heterocycles. The minimum atomic E-state index is 0.0446. The van der Waals surface area contributed by atoms with Crippen molar-refractivity contribution in [2.45, 2.75) is 38.3 Å². The van der Waals surface area contributed by atoms with Crippen LogP contribution in [0.15, 0.2) is 47.2 Å². The summed E-state index contributed by atoms with van der Waals surface area (Å²) in [6, 6.07) is 9.81. The number of para-hydroxylation sites is 1. The number of carbonyl (C=O) groups is 1. The Morgan fingerprint density at radius 3 is 2.91 bits per heavy atom. The topological polar surface area (TPSA) is 62.1 Å². The second-order valence-corrected chi connectivity index (χ2v) is 6.09. The van der Waals surface area contributed by atoms with Gasteiger partial charge in [0.25, 0.3) is 5.91 Å². The number of aromatic amines is 1. The molecule has 0 unspecified atom stereocenters. The minimum Gasteiger partial charge on any atom is -0.467 e. The second-order valence-electron chi connectivity index (χ2n) is 6.09.